The third kappa shape index (κ3) is 5.19. The molecule has 1 N–H and O–H groups in total. The Morgan fingerprint density at radius 2 is 1.85 bits per heavy atom. The van der Waals surface area contributed by atoms with E-state index in [4.69, 9.17) is 0 Å². The average molecular weight is 362 g/mol. The molecule has 0 saturated carbocycles. The van der Waals surface area contributed by atoms with Gasteiger partial charge in [-0.1, -0.05) is 35.8 Å². The summed E-state index contributed by atoms with van der Waals surface area (Å²) in [6.07, 6.45) is 2.02. The molecular weight excluding hydrogens is 338 g/mol. The molecule has 0 aliphatic carbocycles. The van der Waals surface area contributed by atoms with Crippen molar-refractivity contribution in [1.82, 2.24) is 4.72 Å². The maximum Gasteiger partial charge on any atom is 0.240 e. The van der Waals surface area contributed by atoms with Crippen molar-refractivity contribution in [3.8, 4) is 0 Å². The normalized spacial score (nSPS) is 12.7. The summed E-state index contributed by atoms with van der Waals surface area (Å²) in [6, 6.07) is 5.24. The third-order valence-corrected chi connectivity index (χ3v) is 5.48. The Labute approximate surface area is 131 Å². The molecule has 3 nitrogen and oxygen atoms in total. The Hall–Kier alpha value is -0.390. The van der Waals surface area contributed by atoms with Gasteiger partial charge < -0.3 is 0 Å². The molecule has 0 radical (unpaired) electrons. The summed E-state index contributed by atoms with van der Waals surface area (Å²) in [5, 5.41) is 0.945. The molecule has 0 saturated heterocycles. The number of aryl methyl sites for hydroxylation is 2. The topological polar surface area (TPSA) is 46.2 Å². The molecule has 0 unspecified atom stereocenters. The van der Waals surface area contributed by atoms with Gasteiger partial charge in [0.15, 0.2) is 0 Å². The van der Waals surface area contributed by atoms with Crippen molar-refractivity contribution in [2.45, 2.75) is 45.4 Å². The predicted octanol–water partition coefficient (Wildman–Crippen LogP) is 3.78. The highest BCUT2D eigenvalue weighted by molar-refractivity contribution is 9.09. The fourth-order valence-electron chi connectivity index (χ4n) is 1.89. The number of halogens is 1. The molecule has 1 rings (SSSR count). The monoisotopic (exact) mass is 361 g/mol. The lowest BCUT2D eigenvalue weighted by Crippen LogP contribution is -2.34. The van der Waals surface area contributed by atoms with E-state index in [2.05, 4.69) is 34.5 Å². The maximum atomic E-state index is 12.3. The Kier molecular flexibility index (Phi) is 6.23. The van der Waals surface area contributed by atoms with E-state index in [1.54, 1.807) is 12.1 Å². The zero-order valence-electron chi connectivity index (χ0n) is 12.7. The molecule has 1 aromatic carbocycles. The third-order valence-electron chi connectivity index (χ3n) is 3.52. The molecule has 0 aromatic heterocycles. The number of hydrogen-bond donors (Lipinski definition) is 1. The Morgan fingerprint density at radius 1 is 1.20 bits per heavy atom. The number of hydrogen-bond acceptors (Lipinski definition) is 2. The Bertz CT molecular complexity index is 553. The van der Waals surface area contributed by atoms with E-state index in [0.29, 0.717) is 11.4 Å². The van der Waals surface area contributed by atoms with Crippen molar-refractivity contribution in [2.24, 2.45) is 5.41 Å². The van der Waals surface area contributed by atoms with Crippen molar-refractivity contribution in [1.29, 1.82) is 0 Å². The fourth-order valence-corrected chi connectivity index (χ4v) is 3.50. The highest BCUT2D eigenvalue weighted by Crippen LogP contribution is 2.23. The first-order chi connectivity index (χ1) is 9.18. The summed E-state index contributed by atoms with van der Waals surface area (Å²) in [4.78, 5) is 0.344. The van der Waals surface area contributed by atoms with E-state index in [1.807, 2.05) is 19.9 Å². The number of sulfonamides is 1. The minimum Gasteiger partial charge on any atom is -0.211 e. The molecule has 0 fully saturated rings. The van der Waals surface area contributed by atoms with E-state index in [1.165, 1.54) is 0 Å². The van der Waals surface area contributed by atoms with E-state index in [9.17, 15) is 8.42 Å². The van der Waals surface area contributed by atoms with Gasteiger partial charge in [0, 0.05) is 11.9 Å². The highest BCUT2D eigenvalue weighted by Gasteiger charge is 2.22. The van der Waals surface area contributed by atoms with E-state index < -0.39 is 10.0 Å². The van der Waals surface area contributed by atoms with E-state index >= 15 is 0 Å². The van der Waals surface area contributed by atoms with Crippen LogP contribution in [0.25, 0.3) is 0 Å². The molecule has 5 heteroatoms. The molecule has 0 atom stereocenters. The van der Waals surface area contributed by atoms with E-state index in [0.717, 1.165) is 29.3 Å². The summed E-state index contributed by atoms with van der Waals surface area (Å²) in [5.41, 5.74) is 2.05. The van der Waals surface area contributed by atoms with E-state index in [-0.39, 0.29) is 5.41 Å². The molecule has 0 aliphatic rings. The van der Waals surface area contributed by atoms with Crippen LogP contribution in [0.5, 0.6) is 0 Å². The number of rotatable bonds is 7. The predicted molar refractivity (Wildman–Crippen MR) is 87.9 cm³/mol. The smallest absolute Gasteiger partial charge is 0.211 e. The SMILES string of the molecule is Cc1ccc(S(=O)(=O)NCC(C)(C)CCCBr)cc1C. The van der Waals surface area contributed by atoms with Gasteiger partial charge in [-0.05, 0) is 55.4 Å². The van der Waals surface area contributed by atoms with Gasteiger partial charge in [-0.15, -0.1) is 0 Å². The summed E-state index contributed by atoms with van der Waals surface area (Å²) in [6.45, 7) is 8.52. The van der Waals surface area contributed by atoms with Gasteiger partial charge in [0.05, 0.1) is 4.90 Å². The highest BCUT2D eigenvalue weighted by atomic mass is 79.9. The van der Waals surface area contributed by atoms with Gasteiger partial charge in [0.25, 0.3) is 0 Å². The van der Waals surface area contributed by atoms with Gasteiger partial charge in [0.1, 0.15) is 0 Å². The lowest BCUT2D eigenvalue weighted by atomic mass is 9.88. The summed E-state index contributed by atoms with van der Waals surface area (Å²) >= 11 is 3.41. The number of nitrogens with one attached hydrogen (secondary N) is 1. The molecule has 114 valence electrons. The number of alkyl halides is 1. The second-order valence-corrected chi connectivity index (χ2v) is 8.59. The zero-order chi connectivity index (χ0) is 15.4. The minimum atomic E-state index is -3.42. The summed E-state index contributed by atoms with van der Waals surface area (Å²) in [5.74, 6) is 0. The van der Waals surface area contributed by atoms with Crippen LogP contribution in [0.15, 0.2) is 23.1 Å². The van der Waals surface area contributed by atoms with Gasteiger partial charge >= 0.3 is 0 Å². The fraction of sp³-hybridized carbons (Fsp3) is 0.600. The molecule has 20 heavy (non-hydrogen) atoms. The lowest BCUT2D eigenvalue weighted by molar-refractivity contribution is 0.332. The summed E-state index contributed by atoms with van der Waals surface area (Å²) < 4.78 is 27.3. The number of benzene rings is 1. The first-order valence-corrected chi connectivity index (χ1v) is 9.41. The maximum absolute atomic E-state index is 12.3. The summed E-state index contributed by atoms with van der Waals surface area (Å²) in [7, 11) is -3.42. The van der Waals surface area contributed by atoms with Crippen LogP contribution in [-0.4, -0.2) is 20.3 Å². The standard InChI is InChI=1S/C15H24BrNO2S/c1-12-6-7-14(10-13(12)2)20(18,19)17-11-15(3,4)8-5-9-16/h6-7,10,17H,5,8-9,11H2,1-4H3. The van der Waals surface area contributed by atoms with Gasteiger partial charge in [-0.3, -0.25) is 0 Å². The second kappa shape index (κ2) is 7.05. The van der Waals surface area contributed by atoms with Crippen LogP contribution < -0.4 is 4.72 Å². The zero-order valence-corrected chi connectivity index (χ0v) is 15.1. The van der Waals surface area contributed by atoms with Crippen LogP contribution in [0.2, 0.25) is 0 Å². The van der Waals surface area contributed by atoms with Crippen LogP contribution >= 0.6 is 15.9 Å². The largest absolute Gasteiger partial charge is 0.240 e. The Morgan fingerprint density at radius 3 is 2.40 bits per heavy atom. The lowest BCUT2D eigenvalue weighted by Gasteiger charge is -2.24. The van der Waals surface area contributed by atoms with Crippen LogP contribution in [0.4, 0.5) is 0 Å². The minimum absolute atomic E-state index is 0.0411. The quantitative estimate of drug-likeness (QED) is 0.751. The molecule has 0 aliphatic heterocycles. The van der Waals surface area contributed by atoms with Crippen LogP contribution in [0.1, 0.15) is 37.8 Å². The van der Waals surface area contributed by atoms with Crippen LogP contribution in [-0.2, 0) is 10.0 Å². The average Bonchev–Trinajstić information content (AvgIpc) is 2.37. The molecule has 0 amide bonds. The van der Waals surface area contributed by atoms with Crippen molar-refractivity contribution >= 4 is 26.0 Å². The van der Waals surface area contributed by atoms with Crippen LogP contribution in [0.3, 0.4) is 0 Å². The molecular formula is C15H24BrNO2S. The molecule has 1 aromatic rings. The van der Waals surface area contributed by atoms with Crippen molar-refractivity contribution in [2.75, 3.05) is 11.9 Å². The van der Waals surface area contributed by atoms with Crippen LogP contribution in [0, 0.1) is 19.3 Å². The molecule has 0 spiro atoms. The van der Waals surface area contributed by atoms with Gasteiger partial charge in [-0.25, -0.2) is 13.1 Å². The van der Waals surface area contributed by atoms with Crippen molar-refractivity contribution in [3.63, 3.8) is 0 Å². The second-order valence-electron chi connectivity index (χ2n) is 6.03. The Balaban J connectivity index is 2.77. The van der Waals surface area contributed by atoms with Gasteiger partial charge in [-0.2, -0.15) is 0 Å². The first kappa shape index (κ1) is 17.7. The first-order valence-electron chi connectivity index (χ1n) is 6.81. The van der Waals surface area contributed by atoms with Crippen molar-refractivity contribution in [3.05, 3.63) is 29.3 Å². The van der Waals surface area contributed by atoms with Crippen molar-refractivity contribution < 1.29 is 8.42 Å². The molecule has 0 heterocycles. The van der Waals surface area contributed by atoms with Gasteiger partial charge in [0.2, 0.25) is 10.0 Å². The molecule has 0 bridgehead atoms.